The van der Waals surface area contributed by atoms with Crippen molar-refractivity contribution in [3.63, 3.8) is 0 Å². The predicted molar refractivity (Wildman–Crippen MR) is 68.9 cm³/mol. The van der Waals surface area contributed by atoms with Crippen LogP contribution in [0, 0.1) is 28.8 Å². The van der Waals surface area contributed by atoms with Crippen molar-refractivity contribution in [2.75, 3.05) is 6.61 Å². The molecule has 0 fully saturated rings. The highest BCUT2D eigenvalue weighted by molar-refractivity contribution is 7.89. The molecule has 9 heteroatoms. The van der Waals surface area contributed by atoms with Gasteiger partial charge < -0.3 is 0 Å². The van der Waals surface area contributed by atoms with Crippen LogP contribution in [-0.2, 0) is 14.9 Å². The first-order chi connectivity index (χ1) is 9.15. The Bertz CT molecular complexity index is 615. The molecule has 0 aliphatic rings. The quantitative estimate of drug-likeness (QED) is 0.639. The third-order valence-corrected chi connectivity index (χ3v) is 3.49. The Morgan fingerprint density at radius 3 is 2.55 bits per heavy atom. The highest BCUT2D eigenvalue weighted by Gasteiger charge is 2.24. The minimum absolute atomic E-state index is 0.0991. The summed E-state index contributed by atoms with van der Waals surface area (Å²) in [5.74, 6) is -0.959. The van der Waals surface area contributed by atoms with Gasteiger partial charge in [-0.25, -0.2) is 8.42 Å². The fourth-order valence-electron chi connectivity index (χ4n) is 1.33. The summed E-state index contributed by atoms with van der Waals surface area (Å²) in [5, 5.41) is 10.7. The monoisotopic (exact) mass is 306 g/mol. The number of hydrogen-bond donors (Lipinski definition) is 1. The van der Waals surface area contributed by atoms with E-state index < -0.39 is 31.3 Å². The summed E-state index contributed by atoms with van der Waals surface area (Å²) in [5.41, 5.74) is -1.03. The topological polar surface area (TPSA) is 98.5 Å². The van der Waals surface area contributed by atoms with Crippen LogP contribution in [0.5, 0.6) is 0 Å². The van der Waals surface area contributed by atoms with Crippen LogP contribution < -0.4 is 4.89 Å². The second kappa shape index (κ2) is 6.25. The number of nitro groups is 1. The highest BCUT2D eigenvalue weighted by atomic mass is 32.2. The van der Waals surface area contributed by atoms with Gasteiger partial charge >= 0.3 is 5.69 Å². The van der Waals surface area contributed by atoms with Crippen molar-refractivity contribution < 1.29 is 22.6 Å². The Hall–Kier alpha value is -1.58. The Balaban J connectivity index is 3.10. The van der Waals surface area contributed by atoms with E-state index in [1.807, 2.05) is 18.7 Å². The third-order valence-electron chi connectivity index (χ3n) is 2.30. The second-order valence-corrected chi connectivity index (χ2v) is 6.27. The van der Waals surface area contributed by atoms with Crippen molar-refractivity contribution in [3.05, 3.63) is 33.6 Å². The minimum Gasteiger partial charge on any atom is -0.287 e. The first-order valence-corrected chi connectivity index (χ1v) is 7.21. The molecule has 112 valence electrons. The lowest BCUT2D eigenvalue weighted by Gasteiger charge is -2.09. The van der Waals surface area contributed by atoms with E-state index in [-0.39, 0.29) is 18.1 Å². The first-order valence-electron chi connectivity index (χ1n) is 5.73. The van der Waals surface area contributed by atoms with Crippen molar-refractivity contribution in [2.45, 2.75) is 25.7 Å². The molecule has 7 nitrogen and oxygen atoms in total. The van der Waals surface area contributed by atoms with Gasteiger partial charge in [0.05, 0.1) is 16.4 Å². The van der Waals surface area contributed by atoms with Gasteiger partial charge in [0.1, 0.15) is 0 Å². The van der Waals surface area contributed by atoms with Crippen molar-refractivity contribution >= 4 is 15.7 Å². The van der Waals surface area contributed by atoms with E-state index in [2.05, 4.69) is 0 Å². The highest BCUT2D eigenvalue weighted by Crippen LogP contribution is 2.24. The van der Waals surface area contributed by atoms with E-state index in [1.54, 1.807) is 0 Å². The summed E-state index contributed by atoms with van der Waals surface area (Å²) in [4.78, 5) is 15.9. The molecule has 1 N–H and O–H groups in total. The zero-order chi connectivity index (χ0) is 15.5. The van der Waals surface area contributed by atoms with E-state index in [1.165, 1.54) is 6.92 Å². The molecule has 0 aliphatic heterocycles. The molecule has 0 spiro atoms. The Labute approximate surface area is 115 Å². The number of nitrogens with zero attached hydrogens (tertiary/aromatic N) is 1. The van der Waals surface area contributed by atoms with Crippen molar-refractivity contribution in [3.8, 4) is 0 Å². The smallest absolute Gasteiger partial charge is 0.287 e. The van der Waals surface area contributed by atoms with Gasteiger partial charge in [-0.3, -0.25) is 15.0 Å². The second-order valence-electron chi connectivity index (χ2n) is 4.62. The molecular formula is C11H15FN2O5S. The lowest BCUT2D eigenvalue weighted by Crippen LogP contribution is -2.26. The fraction of sp³-hybridized carbons (Fsp3) is 0.455. The fourth-order valence-corrected chi connectivity index (χ4v) is 2.25. The molecule has 0 bridgehead atoms. The molecule has 0 heterocycles. The maximum atomic E-state index is 13.5. The summed E-state index contributed by atoms with van der Waals surface area (Å²) >= 11 is 0. The number of nitro benzene ring substituents is 1. The molecule has 0 radical (unpaired) electrons. The molecule has 1 aromatic rings. The molecule has 0 saturated carbocycles. The number of nitrogens with one attached hydrogen (secondary N) is 1. The van der Waals surface area contributed by atoms with E-state index in [0.717, 1.165) is 6.07 Å². The van der Waals surface area contributed by atoms with Crippen molar-refractivity contribution in [1.82, 2.24) is 4.89 Å². The summed E-state index contributed by atoms with van der Waals surface area (Å²) in [7, 11) is -4.09. The number of halogens is 1. The zero-order valence-corrected chi connectivity index (χ0v) is 12.0. The van der Waals surface area contributed by atoms with E-state index >= 15 is 0 Å². The molecule has 0 saturated heterocycles. The lowest BCUT2D eigenvalue weighted by atomic mass is 10.2. The number of aryl methyl sites for hydroxylation is 1. The van der Waals surface area contributed by atoms with Gasteiger partial charge in [-0.1, -0.05) is 18.7 Å². The SMILES string of the molecule is Cc1cc(S(=O)(=O)NOCC(C)C)cc([N+](=O)[O-])c1F. The summed E-state index contributed by atoms with van der Waals surface area (Å²) in [6.07, 6.45) is 0. The van der Waals surface area contributed by atoms with Crippen LogP contribution in [0.4, 0.5) is 10.1 Å². The first kappa shape index (κ1) is 16.5. The van der Waals surface area contributed by atoms with Crippen LogP contribution in [0.2, 0.25) is 0 Å². The van der Waals surface area contributed by atoms with Gasteiger partial charge in [-0.2, -0.15) is 4.39 Å². The molecule has 20 heavy (non-hydrogen) atoms. The van der Waals surface area contributed by atoms with Crippen LogP contribution in [0.25, 0.3) is 0 Å². The Morgan fingerprint density at radius 1 is 1.45 bits per heavy atom. The number of rotatable bonds is 6. The molecule has 0 aromatic heterocycles. The summed E-state index contributed by atoms with van der Waals surface area (Å²) in [6, 6.07) is 1.66. The molecule has 0 aliphatic carbocycles. The molecule has 0 amide bonds. The summed E-state index contributed by atoms with van der Waals surface area (Å²) < 4.78 is 37.2. The van der Waals surface area contributed by atoms with Crippen LogP contribution >= 0.6 is 0 Å². The number of hydrogen-bond acceptors (Lipinski definition) is 5. The predicted octanol–water partition coefficient (Wildman–Crippen LogP) is 1.91. The maximum Gasteiger partial charge on any atom is 0.306 e. The van der Waals surface area contributed by atoms with Crippen LogP contribution in [0.1, 0.15) is 19.4 Å². The van der Waals surface area contributed by atoms with E-state index in [4.69, 9.17) is 4.84 Å². The molecule has 1 rings (SSSR count). The minimum atomic E-state index is -4.09. The molecule has 0 atom stereocenters. The van der Waals surface area contributed by atoms with Gasteiger partial charge in [0.15, 0.2) is 0 Å². The van der Waals surface area contributed by atoms with Gasteiger partial charge in [0.25, 0.3) is 10.0 Å². The third kappa shape index (κ3) is 3.95. The van der Waals surface area contributed by atoms with Crippen molar-refractivity contribution in [1.29, 1.82) is 0 Å². The van der Waals surface area contributed by atoms with Crippen molar-refractivity contribution in [2.24, 2.45) is 5.92 Å². The number of benzene rings is 1. The van der Waals surface area contributed by atoms with E-state index in [9.17, 15) is 22.9 Å². The Kier molecular flexibility index (Phi) is 5.15. The lowest BCUT2D eigenvalue weighted by molar-refractivity contribution is -0.387. The van der Waals surface area contributed by atoms with Crippen LogP contribution in [-0.4, -0.2) is 19.9 Å². The average molecular weight is 306 g/mol. The normalized spacial score (nSPS) is 11.8. The Morgan fingerprint density at radius 2 is 2.05 bits per heavy atom. The van der Waals surface area contributed by atoms with Gasteiger partial charge in [-0.15, -0.1) is 0 Å². The van der Waals surface area contributed by atoms with Crippen LogP contribution in [0.15, 0.2) is 17.0 Å². The molecule has 1 aromatic carbocycles. The maximum absolute atomic E-state index is 13.5. The van der Waals surface area contributed by atoms with E-state index in [0.29, 0.717) is 6.07 Å². The standard InChI is InChI=1S/C11H15FN2O5S/c1-7(2)6-19-13-20(17,18)9-4-8(3)11(12)10(5-9)14(15)16/h4-5,7,13H,6H2,1-3H3. The van der Waals surface area contributed by atoms with Crippen LogP contribution in [0.3, 0.4) is 0 Å². The molecular weight excluding hydrogens is 291 g/mol. The largest absolute Gasteiger partial charge is 0.306 e. The average Bonchev–Trinajstić information content (AvgIpc) is 2.31. The van der Waals surface area contributed by atoms with Gasteiger partial charge in [-0.05, 0) is 24.5 Å². The van der Waals surface area contributed by atoms with Gasteiger partial charge in [0.2, 0.25) is 5.82 Å². The van der Waals surface area contributed by atoms with Gasteiger partial charge in [0, 0.05) is 6.07 Å². The summed E-state index contributed by atoms with van der Waals surface area (Å²) in [6.45, 7) is 5.03. The number of sulfonamides is 1. The molecule has 0 unspecified atom stereocenters. The zero-order valence-electron chi connectivity index (χ0n) is 11.2.